The fourth-order valence-electron chi connectivity index (χ4n) is 1.95. The van der Waals surface area contributed by atoms with Crippen LogP contribution >= 0.6 is 11.6 Å². The van der Waals surface area contributed by atoms with Crippen molar-refractivity contribution in [3.8, 4) is 0 Å². The van der Waals surface area contributed by atoms with Crippen molar-refractivity contribution in [2.45, 2.75) is 12.5 Å². The molecule has 0 bridgehead atoms. The number of halogens is 4. The maximum absolute atomic E-state index is 13.2. The van der Waals surface area contributed by atoms with Crippen molar-refractivity contribution in [1.82, 2.24) is 5.43 Å². The Bertz CT molecular complexity index is 619. The van der Waals surface area contributed by atoms with Crippen molar-refractivity contribution < 1.29 is 13.2 Å². The zero-order chi connectivity index (χ0) is 14.7. The van der Waals surface area contributed by atoms with Gasteiger partial charge in [-0.3, -0.25) is 11.3 Å². The second-order valence-corrected chi connectivity index (χ2v) is 4.74. The first-order chi connectivity index (χ1) is 9.51. The van der Waals surface area contributed by atoms with Crippen LogP contribution in [0.1, 0.15) is 17.2 Å². The Kier molecular flexibility index (Phi) is 4.65. The van der Waals surface area contributed by atoms with Crippen LogP contribution in [0.5, 0.6) is 0 Å². The number of hydrogen-bond donors (Lipinski definition) is 2. The van der Waals surface area contributed by atoms with Crippen molar-refractivity contribution in [3.63, 3.8) is 0 Å². The average molecular weight is 301 g/mol. The molecule has 1 atom stereocenters. The molecular weight excluding hydrogens is 289 g/mol. The van der Waals surface area contributed by atoms with E-state index in [9.17, 15) is 13.2 Å². The van der Waals surface area contributed by atoms with Gasteiger partial charge in [-0.2, -0.15) is 0 Å². The minimum atomic E-state index is -0.927. The fourth-order valence-corrected chi connectivity index (χ4v) is 2.24. The Hall–Kier alpha value is -1.56. The van der Waals surface area contributed by atoms with Crippen molar-refractivity contribution >= 4 is 11.6 Å². The molecule has 0 radical (unpaired) electrons. The largest absolute Gasteiger partial charge is 0.271 e. The van der Waals surface area contributed by atoms with E-state index in [2.05, 4.69) is 5.43 Å². The summed E-state index contributed by atoms with van der Waals surface area (Å²) in [6.45, 7) is 0. The van der Waals surface area contributed by atoms with E-state index >= 15 is 0 Å². The van der Waals surface area contributed by atoms with Crippen LogP contribution in [0.4, 0.5) is 13.2 Å². The second-order valence-electron chi connectivity index (χ2n) is 4.34. The van der Waals surface area contributed by atoms with E-state index in [0.717, 1.165) is 12.1 Å². The lowest BCUT2D eigenvalue weighted by Crippen LogP contribution is -2.29. The van der Waals surface area contributed by atoms with Gasteiger partial charge in [0.05, 0.1) is 6.04 Å². The topological polar surface area (TPSA) is 38.0 Å². The summed E-state index contributed by atoms with van der Waals surface area (Å²) < 4.78 is 39.0. The minimum absolute atomic E-state index is 0.218. The lowest BCUT2D eigenvalue weighted by molar-refractivity contribution is 0.502. The lowest BCUT2D eigenvalue weighted by Gasteiger charge is -2.18. The SMILES string of the molecule is NNC(Cc1ccc(F)c(F)c1)c1ccc(F)cc1Cl. The molecule has 0 amide bonds. The van der Waals surface area contributed by atoms with Gasteiger partial charge in [0.25, 0.3) is 0 Å². The number of nitrogens with two attached hydrogens (primary N) is 1. The fraction of sp³-hybridized carbons (Fsp3) is 0.143. The zero-order valence-electron chi connectivity index (χ0n) is 10.3. The first-order valence-electron chi connectivity index (χ1n) is 5.86. The van der Waals surface area contributed by atoms with E-state index in [-0.39, 0.29) is 5.02 Å². The minimum Gasteiger partial charge on any atom is -0.271 e. The van der Waals surface area contributed by atoms with Crippen LogP contribution in [0.2, 0.25) is 5.02 Å². The Morgan fingerprint density at radius 1 is 1.05 bits per heavy atom. The molecule has 6 heteroatoms. The molecule has 0 saturated heterocycles. The standard InChI is InChI=1S/C14H12ClF3N2/c15-11-7-9(16)2-3-10(11)14(20-19)6-8-1-4-12(17)13(18)5-8/h1-5,7,14,20H,6,19H2. The Labute approximate surface area is 119 Å². The molecule has 0 aliphatic carbocycles. The summed E-state index contributed by atoms with van der Waals surface area (Å²) >= 11 is 5.96. The molecule has 0 aliphatic rings. The molecule has 0 aliphatic heterocycles. The van der Waals surface area contributed by atoms with Crippen LogP contribution in [-0.2, 0) is 6.42 Å². The quantitative estimate of drug-likeness (QED) is 0.670. The molecule has 20 heavy (non-hydrogen) atoms. The van der Waals surface area contributed by atoms with Gasteiger partial charge in [0.2, 0.25) is 0 Å². The molecule has 2 aromatic rings. The van der Waals surface area contributed by atoms with E-state index in [1.807, 2.05) is 0 Å². The molecule has 3 N–H and O–H groups in total. The van der Waals surface area contributed by atoms with Gasteiger partial charge < -0.3 is 0 Å². The normalized spacial score (nSPS) is 12.4. The summed E-state index contributed by atoms with van der Waals surface area (Å²) in [7, 11) is 0. The molecule has 2 nitrogen and oxygen atoms in total. The van der Waals surface area contributed by atoms with Gasteiger partial charge in [0.15, 0.2) is 11.6 Å². The van der Waals surface area contributed by atoms with E-state index in [0.29, 0.717) is 17.5 Å². The van der Waals surface area contributed by atoms with Crippen LogP contribution in [0.3, 0.4) is 0 Å². The van der Waals surface area contributed by atoms with Crippen molar-refractivity contribution in [3.05, 3.63) is 70.0 Å². The van der Waals surface area contributed by atoms with E-state index < -0.39 is 23.5 Å². The van der Waals surface area contributed by atoms with Crippen LogP contribution in [0.25, 0.3) is 0 Å². The Balaban J connectivity index is 2.26. The van der Waals surface area contributed by atoms with Crippen LogP contribution < -0.4 is 11.3 Å². The summed E-state index contributed by atoms with van der Waals surface area (Å²) in [5, 5.41) is 0.218. The number of hydrazine groups is 1. The molecule has 0 saturated carbocycles. The number of nitrogens with one attached hydrogen (secondary N) is 1. The van der Waals surface area contributed by atoms with Crippen LogP contribution in [0.15, 0.2) is 36.4 Å². The summed E-state index contributed by atoms with van der Waals surface area (Å²) in [4.78, 5) is 0. The Morgan fingerprint density at radius 2 is 1.80 bits per heavy atom. The maximum Gasteiger partial charge on any atom is 0.159 e. The van der Waals surface area contributed by atoms with E-state index in [1.165, 1.54) is 24.3 Å². The predicted molar refractivity (Wildman–Crippen MR) is 71.5 cm³/mol. The highest BCUT2D eigenvalue weighted by Gasteiger charge is 2.15. The monoisotopic (exact) mass is 300 g/mol. The summed E-state index contributed by atoms with van der Waals surface area (Å²) in [5.41, 5.74) is 3.67. The lowest BCUT2D eigenvalue weighted by atomic mass is 9.99. The predicted octanol–water partition coefficient (Wildman–Crippen LogP) is 3.50. The molecular formula is C14H12ClF3N2. The first kappa shape index (κ1) is 14.8. The highest BCUT2D eigenvalue weighted by atomic mass is 35.5. The smallest absolute Gasteiger partial charge is 0.159 e. The van der Waals surface area contributed by atoms with Crippen LogP contribution in [0, 0.1) is 17.5 Å². The van der Waals surface area contributed by atoms with Gasteiger partial charge in [-0.1, -0.05) is 23.7 Å². The van der Waals surface area contributed by atoms with Gasteiger partial charge >= 0.3 is 0 Å². The van der Waals surface area contributed by atoms with E-state index in [4.69, 9.17) is 17.4 Å². The molecule has 1 unspecified atom stereocenters. The molecule has 2 rings (SSSR count). The van der Waals surface area contributed by atoms with Gasteiger partial charge in [0.1, 0.15) is 5.82 Å². The Morgan fingerprint density at radius 3 is 2.40 bits per heavy atom. The third kappa shape index (κ3) is 3.30. The van der Waals surface area contributed by atoms with E-state index in [1.54, 1.807) is 0 Å². The molecule has 106 valence electrons. The summed E-state index contributed by atoms with van der Waals surface area (Å²) in [6, 6.07) is 7.10. The van der Waals surface area contributed by atoms with Crippen molar-refractivity contribution in [1.29, 1.82) is 0 Å². The molecule has 0 spiro atoms. The number of benzene rings is 2. The highest BCUT2D eigenvalue weighted by Crippen LogP contribution is 2.26. The molecule has 0 fully saturated rings. The number of rotatable bonds is 4. The summed E-state index contributed by atoms with van der Waals surface area (Å²) in [5.74, 6) is 3.16. The highest BCUT2D eigenvalue weighted by molar-refractivity contribution is 6.31. The molecule has 0 aromatic heterocycles. The zero-order valence-corrected chi connectivity index (χ0v) is 11.1. The number of hydrogen-bond acceptors (Lipinski definition) is 2. The average Bonchev–Trinajstić information content (AvgIpc) is 2.41. The molecule has 2 aromatic carbocycles. The molecule has 0 heterocycles. The third-order valence-electron chi connectivity index (χ3n) is 2.96. The van der Waals surface area contributed by atoms with Gasteiger partial charge in [-0.05, 0) is 41.8 Å². The summed E-state index contributed by atoms with van der Waals surface area (Å²) in [6.07, 6.45) is 0.291. The third-order valence-corrected chi connectivity index (χ3v) is 3.29. The second kappa shape index (κ2) is 6.26. The van der Waals surface area contributed by atoms with Gasteiger partial charge in [-0.15, -0.1) is 0 Å². The van der Waals surface area contributed by atoms with Crippen molar-refractivity contribution in [2.24, 2.45) is 5.84 Å². The van der Waals surface area contributed by atoms with Crippen molar-refractivity contribution in [2.75, 3.05) is 0 Å². The van der Waals surface area contributed by atoms with Gasteiger partial charge in [-0.25, -0.2) is 13.2 Å². The first-order valence-corrected chi connectivity index (χ1v) is 6.24. The van der Waals surface area contributed by atoms with Crippen LogP contribution in [-0.4, -0.2) is 0 Å². The van der Waals surface area contributed by atoms with Gasteiger partial charge in [0, 0.05) is 5.02 Å². The maximum atomic E-state index is 13.2.